The van der Waals surface area contributed by atoms with E-state index >= 15 is 0 Å². The predicted octanol–water partition coefficient (Wildman–Crippen LogP) is 3.52. The molecule has 0 aromatic carbocycles. The summed E-state index contributed by atoms with van der Waals surface area (Å²) in [5.74, 6) is 0.854. The van der Waals surface area contributed by atoms with Crippen molar-refractivity contribution in [2.75, 3.05) is 19.6 Å². The Kier molecular flexibility index (Phi) is 5.86. The first kappa shape index (κ1) is 15.0. The zero-order chi connectivity index (χ0) is 13.7. The first-order valence-electron chi connectivity index (χ1n) is 7.75. The van der Waals surface area contributed by atoms with Gasteiger partial charge >= 0.3 is 0 Å². The number of nitrogens with zero attached hydrogens (tertiary/aromatic N) is 1. The van der Waals surface area contributed by atoms with Crippen LogP contribution < -0.4 is 5.32 Å². The number of thiophene rings is 1. The third kappa shape index (κ3) is 4.04. The molecule has 0 spiro atoms. The molecule has 3 heteroatoms. The standard InChI is InChI=1S/C16H28N2S/c1-4-14-8-11-19-16(14)12-17-13(3)15-6-9-18(5-2)10-7-15/h8,11,13,15,17H,4-7,9-10,12H2,1-3H3. The van der Waals surface area contributed by atoms with Crippen LogP contribution in [0, 0.1) is 5.92 Å². The highest BCUT2D eigenvalue weighted by molar-refractivity contribution is 7.10. The van der Waals surface area contributed by atoms with E-state index in [-0.39, 0.29) is 0 Å². The summed E-state index contributed by atoms with van der Waals surface area (Å²) < 4.78 is 0. The molecule has 1 aliphatic heterocycles. The maximum absolute atomic E-state index is 3.75. The quantitative estimate of drug-likeness (QED) is 0.857. The minimum absolute atomic E-state index is 0.644. The molecule has 1 N–H and O–H groups in total. The van der Waals surface area contributed by atoms with E-state index in [0.717, 1.165) is 18.9 Å². The largest absolute Gasteiger partial charge is 0.309 e. The van der Waals surface area contributed by atoms with Crippen molar-refractivity contribution in [2.24, 2.45) is 5.92 Å². The second-order valence-electron chi connectivity index (χ2n) is 5.66. The molecule has 1 aromatic rings. The number of likely N-dealkylation sites (tertiary alicyclic amines) is 1. The summed E-state index contributed by atoms with van der Waals surface area (Å²) in [4.78, 5) is 4.10. The molecule has 1 aromatic heterocycles. The van der Waals surface area contributed by atoms with Gasteiger partial charge in [-0.05, 0) is 68.7 Å². The Bertz CT molecular complexity index is 367. The monoisotopic (exact) mass is 280 g/mol. The summed E-state index contributed by atoms with van der Waals surface area (Å²) in [6, 6.07) is 2.91. The Balaban J connectivity index is 1.77. The lowest BCUT2D eigenvalue weighted by molar-refractivity contribution is 0.168. The molecule has 1 saturated heterocycles. The van der Waals surface area contributed by atoms with Crippen LogP contribution in [-0.2, 0) is 13.0 Å². The molecule has 0 radical (unpaired) electrons. The van der Waals surface area contributed by atoms with Crippen LogP contribution in [0.5, 0.6) is 0 Å². The summed E-state index contributed by atoms with van der Waals surface area (Å²) >= 11 is 1.90. The van der Waals surface area contributed by atoms with Crippen molar-refractivity contribution >= 4 is 11.3 Å². The Morgan fingerprint density at radius 3 is 2.74 bits per heavy atom. The van der Waals surface area contributed by atoms with Crippen molar-refractivity contribution in [3.63, 3.8) is 0 Å². The van der Waals surface area contributed by atoms with Crippen LogP contribution in [0.3, 0.4) is 0 Å². The Hall–Kier alpha value is -0.380. The highest BCUT2D eigenvalue weighted by Crippen LogP contribution is 2.22. The van der Waals surface area contributed by atoms with E-state index in [0.29, 0.717) is 6.04 Å². The first-order chi connectivity index (χ1) is 9.24. The molecular formula is C16H28N2S. The van der Waals surface area contributed by atoms with Gasteiger partial charge in [0, 0.05) is 17.5 Å². The maximum Gasteiger partial charge on any atom is 0.0305 e. The molecule has 108 valence electrons. The van der Waals surface area contributed by atoms with Crippen molar-refractivity contribution in [3.05, 3.63) is 21.9 Å². The smallest absolute Gasteiger partial charge is 0.0305 e. The molecule has 0 aliphatic carbocycles. The van der Waals surface area contributed by atoms with Gasteiger partial charge in [0.05, 0.1) is 0 Å². The van der Waals surface area contributed by atoms with Gasteiger partial charge in [0.15, 0.2) is 0 Å². The van der Waals surface area contributed by atoms with Crippen LogP contribution in [0.2, 0.25) is 0 Å². The van der Waals surface area contributed by atoms with Gasteiger partial charge in [0.1, 0.15) is 0 Å². The number of rotatable bonds is 6. The topological polar surface area (TPSA) is 15.3 Å². The van der Waals surface area contributed by atoms with E-state index in [2.05, 4.69) is 42.4 Å². The summed E-state index contributed by atoms with van der Waals surface area (Å²) in [7, 11) is 0. The average Bonchev–Trinajstić information content (AvgIpc) is 2.92. The van der Waals surface area contributed by atoms with E-state index in [4.69, 9.17) is 0 Å². The molecule has 2 rings (SSSR count). The summed E-state index contributed by atoms with van der Waals surface area (Å²) in [5, 5.41) is 5.98. The third-order valence-corrected chi connectivity index (χ3v) is 5.55. The molecule has 2 nitrogen and oxygen atoms in total. The van der Waals surface area contributed by atoms with E-state index in [9.17, 15) is 0 Å². The fourth-order valence-electron chi connectivity index (χ4n) is 3.03. The molecule has 2 heterocycles. The molecule has 1 unspecified atom stereocenters. The lowest BCUT2D eigenvalue weighted by atomic mass is 9.90. The Morgan fingerprint density at radius 1 is 1.37 bits per heavy atom. The van der Waals surface area contributed by atoms with Crippen molar-refractivity contribution in [1.82, 2.24) is 10.2 Å². The zero-order valence-corrected chi connectivity index (χ0v) is 13.4. The van der Waals surface area contributed by atoms with Gasteiger partial charge in [0.25, 0.3) is 0 Å². The third-order valence-electron chi connectivity index (χ3n) is 4.59. The zero-order valence-electron chi connectivity index (χ0n) is 12.6. The van der Waals surface area contributed by atoms with Gasteiger partial charge in [-0.1, -0.05) is 13.8 Å². The van der Waals surface area contributed by atoms with E-state index < -0.39 is 0 Å². The van der Waals surface area contributed by atoms with Gasteiger partial charge in [-0.25, -0.2) is 0 Å². The normalized spacial score (nSPS) is 19.7. The van der Waals surface area contributed by atoms with Crippen LogP contribution in [0.4, 0.5) is 0 Å². The molecule has 0 saturated carbocycles. The number of aryl methyl sites for hydroxylation is 1. The molecular weight excluding hydrogens is 252 g/mol. The van der Waals surface area contributed by atoms with Gasteiger partial charge < -0.3 is 10.2 Å². The molecule has 1 fully saturated rings. The van der Waals surface area contributed by atoms with Crippen molar-refractivity contribution in [3.8, 4) is 0 Å². The number of piperidine rings is 1. The Morgan fingerprint density at radius 2 is 2.11 bits per heavy atom. The van der Waals surface area contributed by atoms with Crippen molar-refractivity contribution in [1.29, 1.82) is 0 Å². The first-order valence-corrected chi connectivity index (χ1v) is 8.63. The SMILES string of the molecule is CCc1ccsc1CNC(C)C1CCN(CC)CC1. The fraction of sp³-hybridized carbons (Fsp3) is 0.750. The average molecular weight is 280 g/mol. The maximum atomic E-state index is 3.75. The lowest BCUT2D eigenvalue weighted by Gasteiger charge is -2.34. The number of hydrogen-bond donors (Lipinski definition) is 1. The second-order valence-corrected chi connectivity index (χ2v) is 6.66. The highest BCUT2D eigenvalue weighted by atomic mass is 32.1. The highest BCUT2D eigenvalue weighted by Gasteiger charge is 2.22. The second kappa shape index (κ2) is 7.41. The molecule has 1 aliphatic rings. The summed E-state index contributed by atoms with van der Waals surface area (Å²) in [5.41, 5.74) is 1.52. The Labute approximate surface area is 122 Å². The van der Waals surface area contributed by atoms with Crippen LogP contribution in [0.25, 0.3) is 0 Å². The van der Waals surface area contributed by atoms with E-state index in [1.54, 1.807) is 0 Å². The van der Waals surface area contributed by atoms with Gasteiger partial charge in [-0.15, -0.1) is 11.3 Å². The minimum Gasteiger partial charge on any atom is -0.309 e. The summed E-state index contributed by atoms with van der Waals surface area (Å²) in [6.45, 7) is 11.7. The van der Waals surface area contributed by atoms with E-state index in [1.807, 2.05) is 11.3 Å². The predicted molar refractivity (Wildman–Crippen MR) is 84.8 cm³/mol. The number of nitrogens with one attached hydrogen (secondary N) is 1. The van der Waals surface area contributed by atoms with Crippen LogP contribution in [0.1, 0.15) is 44.1 Å². The van der Waals surface area contributed by atoms with Gasteiger partial charge in [-0.3, -0.25) is 0 Å². The van der Waals surface area contributed by atoms with Gasteiger partial charge in [0.2, 0.25) is 0 Å². The van der Waals surface area contributed by atoms with Crippen LogP contribution in [-0.4, -0.2) is 30.6 Å². The molecule has 0 amide bonds. The van der Waals surface area contributed by atoms with Crippen molar-refractivity contribution < 1.29 is 0 Å². The molecule has 0 bridgehead atoms. The molecule has 19 heavy (non-hydrogen) atoms. The number of hydrogen-bond acceptors (Lipinski definition) is 3. The van der Waals surface area contributed by atoms with Gasteiger partial charge in [-0.2, -0.15) is 0 Å². The summed E-state index contributed by atoms with van der Waals surface area (Å²) in [6.07, 6.45) is 3.87. The molecule has 1 atom stereocenters. The van der Waals surface area contributed by atoms with Crippen molar-refractivity contribution in [2.45, 2.75) is 52.6 Å². The minimum atomic E-state index is 0.644. The van der Waals surface area contributed by atoms with Crippen LogP contribution >= 0.6 is 11.3 Å². The lowest BCUT2D eigenvalue weighted by Crippen LogP contribution is -2.41. The van der Waals surface area contributed by atoms with E-state index in [1.165, 1.54) is 42.9 Å². The fourth-order valence-corrected chi connectivity index (χ4v) is 3.95. The van der Waals surface area contributed by atoms with Crippen LogP contribution in [0.15, 0.2) is 11.4 Å².